The first-order valence-electron chi connectivity index (χ1n) is 10.5. The number of alkyl halides is 1. The molecule has 2 aliphatic rings. The van der Waals surface area contributed by atoms with Crippen LogP contribution >= 0.6 is 11.6 Å². The van der Waals surface area contributed by atoms with Gasteiger partial charge in [-0.25, -0.2) is 4.79 Å². The van der Waals surface area contributed by atoms with Crippen molar-refractivity contribution in [2.24, 2.45) is 7.05 Å². The standard InChI is InChI=1S/C24H25ClN2O6/c1-15-11-19(27(2)18(15)12-20-21(13-25)33-10-9-32-20)22(28)26-24(7-8-31-14-24)17-5-3-16(4-6-17)23(29)30/h3-6,11-12H,1,7-10,13-14H2,2H3,(H,26,28)(H,29,30)/b18-12+. The van der Waals surface area contributed by atoms with Crippen molar-refractivity contribution in [2.75, 3.05) is 32.3 Å². The molecular formula is C24H25ClN2O6. The number of ether oxygens (including phenoxy) is 3. The zero-order valence-electron chi connectivity index (χ0n) is 18.2. The van der Waals surface area contributed by atoms with Gasteiger partial charge in [-0.15, -0.1) is 11.6 Å². The Balaban J connectivity index is 1.66. The van der Waals surface area contributed by atoms with Crippen LogP contribution in [0.5, 0.6) is 0 Å². The number of carbonyl (C=O) groups is 2. The molecule has 8 nitrogen and oxygen atoms in total. The molecule has 2 N–H and O–H groups in total. The summed E-state index contributed by atoms with van der Waals surface area (Å²) < 4.78 is 18.6. The molecule has 1 unspecified atom stereocenters. The van der Waals surface area contributed by atoms with Crippen molar-refractivity contribution in [1.29, 1.82) is 0 Å². The molecule has 4 rings (SSSR count). The molecule has 1 aromatic carbocycles. The average Bonchev–Trinajstić information content (AvgIpc) is 3.40. The monoisotopic (exact) mass is 472 g/mol. The third-order valence-electron chi connectivity index (χ3n) is 5.94. The van der Waals surface area contributed by atoms with Crippen LogP contribution in [0.3, 0.4) is 0 Å². The fourth-order valence-corrected chi connectivity index (χ4v) is 4.29. The number of benzene rings is 1. The summed E-state index contributed by atoms with van der Waals surface area (Å²) in [4.78, 5) is 24.5. The van der Waals surface area contributed by atoms with Gasteiger partial charge in [0.25, 0.3) is 5.91 Å². The maximum Gasteiger partial charge on any atom is 0.335 e. The van der Waals surface area contributed by atoms with Gasteiger partial charge in [0.15, 0.2) is 11.5 Å². The van der Waals surface area contributed by atoms with E-state index < -0.39 is 11.5 Å². The van der Waals surface area contributed by atoms with Crippen LogP contribution in [0.15, 0.2) is 41.9 Å². The predicted octanol–water partition coefficient (Wildman–Crippen LogP) is 1.46. The third-order valence-corrected chi connectivity index (χ3v) is 6.18. The Morgan fingerprint density at radius 2 is 1.97 bits per heavy atom. The van der Waals surface area contributed by atoms with E-state index in [0.29, 0.717) is 60.6 Å². The summed E-state index contributed by atoms with van der Waals surface area (Å²) in [5.74, 6) is -0.0473. The number of nitrogens with zero attached hydrogens (tertiary/aromatic N) is 1. The highest BCUT2D eigenvalue weighted by molar-refractivity contribution is 6.19. The van der Waals surface area contributed by atoms with E-state index in [0.717, 1.165) is 5.56 Å². The summed E-state index contributed by atoms with van der Waals surface area (Å²) in [5, 5.41) is 13.6. The molecule has 1 aromatic heterocycles. The molecule has 0 saturated carbocycles. The Labute approximate surface area is 195 Å². The molecule has 0 spiro atoms. The number of carboxylic acids is 1. The number of hydrogen-bond acceptors (Lipinski definition) is 5. The van der Waals surface area contributed by atoms with E-state index in [9.17, 15) is 14.7 Å². The Kier molecular flexibility index (Phi) is 6.49. The minimum Gasteiger partial charge on any atom is -0.489 e. The smallest absolute Gasteiger partial charge is 0.335 e. The summed E-state index contributed by atoms with van der Waals surface area (Å²) in [5.41, 5.74) is 0.643. The highest BCUT2D eigenvalue weighted by Gasteiger charge is 2.39. The van der Waals surface area contributed by atoms with Gasteiger partial charge in [-0.2, -0.15) is 0 Å². The number of rotatable bonds is 6. The number of carboxylic acid groups (broad SMARTS) is 1. The quantitative estimate of drug-likeness (QED) is 0.617. The topological polar surface area (TPSA) is 99.0 Å². The van der Waals surface area contributed by atoms with Crippen molar-refractivity contribution in [3.8, 4) is 0 Å². The highest BCUT2D eigenvalue weighted by atomic mass is 35.5. The van der Waals surface area contributed by atoms with Crippen LogP contribution in [0.4, 0.5) is 0 Å². The lowest BCUT2D eigenvalue weighted by atomic mass is 9.88. The molecule has 1 atom stereocenters. The Morgan fingerprint density at radius 3 is 2.61 bits per heavy atom. The molecule has 2 aliphatic heterocycles. The van der Waals surface area contributed by atoms with Crippen LogP contribution in [-0.4, -0.2) is 53.9 Å². The predicted molar refractivity (Wildman–Crippen MR) is 122 cm³/mol. The summed E-state index contributed by atoms with van der Waals surface area (Å²) in [7, 11) is 1.78. The lowest BCUT2D eigenvalue weighted by Gasteiger charge is -2.29. The van der Waals surface area contributed by atoms with Gasteiger partial charge < -0.3 is 29.2 Å². The molecule has 2 aromatic rings. The van der Waals surface area contributed by atoms with E-state index in [1.54, 1.807) is 35.9 Å². The van der Waals surface area contributed by atoms with Gasteiger partial charge in [0.2, 0.25) is 0 Å². The van der Waals surface area contributed by atoms with Crippen LogP contribution in [0, 0.1) is 0 Å². The van der Waals surface area contributed by atoms with E-state index in [1.165, 1.54) is 12.1 Å². The Bertz CT molecular complexity index is 1210. The zero-order valence-corrected chi connectivity index (χ0v) is 19.0. The minimum atomic E-state index is -1.00. The molecule has 1 fully saturated rings. The molecule has 174 valence electrons. The van der Waals surface area contributed by atoms with Gasteiger partial charge in [0.1, 0.15) is 18.9 Å². The van der Waals surface area contributed by atoms with Crippen molar-refractivity contribution >= 4 is 36.1 Å². The van der Waals surface area contributed by atoms with Crippen LogP contribution < -0.4 is 15.9 Å². The van der Waals surface area contributed by atoms with Crippen LogP contribution in [0.2, 0.25) is 0 Å². The number of halogens is 1. The highest BCUT2D eigenvalue weighted by Crippen LogP contribution is 2.31. The summed E-state index contributed by atoms with van der Waals surface area (Å²) in [6.07, 6.45) is 2.35. The normalized spacial score (nSPS) is 21.0. The Hall–Kier alpha value is -3.23. The minimum absolute atomic E-state index is 0.180. The van der Waals surface area contributed by atoms with E-state index in [2.05, 4.69) is 11.9 Å². The van der Waals surface area contributed by atoms with Gasteiger partial charge in [-0.1, -0.05) is 18.7 Å². The Morgan fingerprint density at radius 1 is 1.24 bits per heavy atom. The number of aromatic nitrogens is 1. The summed E-state index contributed by atoms with van der Waals surface area (Å²) in [6, 6.07) is 8.21. The largest absolute Gasteiger partial charge is 0.489 e. The van der Waals surface area contributed by atoms with Gasteiger partial charge in [-0.3, -0.25) is 4.79 Å². The van der Waals surface area contributed by atoms with Gasteiger partial charge in [0, 0.05) is 26.2 Å². The van der Waals surface area contributed by atoms with E-state index in [4.69, 9.17) is 25.8 Å². The van der Waals surface area contributed by atoms with Crippen molar-refractivity contribution in [2.45, 2.75) is 12.0 Å². The molecule has 3 heterocycles. The second-order valence-electron chi connectivity index (χ2n) is 7.98. The van der Waals surface area contributed by atoms with E-state index in [-0.39, 0.29) is 17.4 Å². The number of nitrogens with one attached hydrogen (secondary N) is 1. The molecule has 0 bridgehead atoms. The second-order valence-corrected chi connectivity index (χ2v) is 8.25. The van der Waals surface area contributed by atoms with Gasteiger partial charge >= 0.3 is 5.97 Å². The molecule has 1 saturated heterocycles. The fourth-order valence-electron chi connectivity index (χ4n) is 4.08. The first kappa shape index (κ1) is 22.9. The van der Waals surface area contributed by atoms with Gasteiger partial charge in [-0.05, 0) is 29.0 Å². The maximum absolute atomic E-state index is 13.3. The van der Waals surface area contributed by atoms with Crippen molar-refractivity contribution < 1.29 is 28.9 Å². The molecule has 0 aliphatic carbocycles. The molecule has 0 radical (unpaired) electrons. The number of amides is 1. The molecule has 9 heteroatoms. The second kappa shape index (κ2) is 9.33. The van der Waals surface area contributed by atoms with Crippen LogP contribution in [-0.2, 0) is 26.8 Å². The summed E-state index contributed by atoms with van der Waals surface area (Å²) in [6.45, 7) is 5.71. The van der Waals surface area contributed by atoms with Crippen molar-refractivity contribution in [1.82, 2.24) is 9.88 Å². The van der Waals surface area contributed by atoms with Crippen LogP contribution in [0.1, 0.15) is 32.8 Å². The maximum atomic E-state index is 13.3. The lowest BCUT2D eigenvalue weighted by Crippen LogP contribution is -2.47. The molecule has 1 amide bonds. The van der Waals surface area contributed by atoms with Crippen molar-refractivity contribution in [3.05, 3.63) is 69.2 Å². The fraction of sp³-hybridized carbons (Fsp3) is 0.333. The lowest BCUT2D eigenvalue weighted by molar-refractivity contribution is 0.0696. The molecule has 33 heavy (non-hydrogen) atoms. The number of carbonyl (C=O) groups excluding carboxylic acids is 1. The van der Waals surface area contributed by atoms with E-state index >= 15 is 0 Å². The average molecular weight is 473 g/mol. The number of aromatic carboxylic acids is 1. The van der Waals surface area contributed by atoms with Crippen LogP contribution in [0.25, 0.3) is 12.7 Å². The molecular weight excluding hydrogens is 448 g/mol. The SMILES string of the molecule is C=c1cc(C(=O)NC2(c3ccc(C(=O)O)cc3)CCOC2)n(C)/c1=C/C1=C(CCl)OCCO1. The van der Waals surface area contributed by atoms with Gasteiger partial charge in [0.05, 0.1) is 28.9 Å². The number of hydrogen-bond donors (Lipinski definition) is 2. The summed E-state index contributed by atoms with van der Waals surface area (Å²) >= 11 is 5.96. The number of allylic oxidation sites excluding steroid dienone is 2. The third kappa shape index (κ3) is 4.49. The van der Waals surface area contributed by atoms with E-state index in [1.807, 2.05) is 0 Å². The first-order chi connectivity index (χ1) is 15.8. The van der Waals surface area contributed by atoms with Crippen molar-refractivity contribution in [3.63, 3.8) is 0 Å². The zero-order chi connectivity index (χ0) is 23.6. The first-order valence-corrected chi connectivity index (χ1v) is 11.0.